The van der Waals surface area contributed by atoms with Crippen molar-refractivity contribution in [3.8, 4) is 0 Å². The van der Waals surface area contributed by atoms with Crippen LogP contribution in [0.15, 0.2) is 0 Å². The maximum atomic E-state index is 5.64. The fourth-order valence-electron chi connectivity index (χ4n) is 3.37. The van der Waals surface area contributed by atoms with Crippen molar-refractivity contribution in [3.63, 3.8) is 0 Å². The molecule has 2 unspecified atom stereocenters. The fourth-order valence-corrected chi connectivity index (χ4v) is 3.37. The first kappa shape index (κ1) is 26.8. The van der Waals surface area contributed by atoms with E-state index in [1.54, 1.807) is 0 Å². The van der Waals surface area contributed by atoms with Crippen molar-refractivity contribution >= 4 is 0 Å². The van der Waals surface area contributed by atoms with E-state index in [2.05, 4.69) is 27.7 Å². The van der Waals surface area contributed by atoms with Crippen molar-refractivity contribution in [2.75, 3.05) is 52.9 Å². The Hall–Kier alpha value is -0.160. The molecule has 0 aliphatic heterocycles. The fraction of sp³-hybridized carbons (Fsp3) is 1.00. The van der Waals surface area contributed by atoms with Crippen LogP contribution in [0.25, 0.3) is 0 Å². The van der Waals surface area contributed by atoms with Crippen LogP contribution in [-0.2, 0) is 18.9 Å². The lowest BCUT2D eigenvalue weighted by atomic mass is 9.96. The highest BCUT2D eigenvalue weighted by Crippen LogP contribution is 2.16. The molecule has 0 heterocycles. The van der Waals surface area contributed by atoms with Crippen molar-refractivity contribution in [3.05, 3.63) is 0 Å². The van der Waals surface area contributed by atoms with E-state index in [0.29, 0.717) is 39.6 Å². The summed E-state index contributed by atoms with van der Waals surface area (Å²) in [6.45, 7) is 14.8. The van der Waals surface area contributed by atoms with Gasteiger partial charge in [-0.25, -0.2) is 0 Å². The molecule has 0 aromatic rings. The Morgan fingerprint density at radius 1 is 0.519 bits per heavy atom. The molecule has 0 bridgehead atoms. The van der Waals surface area contributed by atoms with Gasteiger partial charge >= 0.3 is 0 Å². The second kappa shape index (κ2) is 22.1. The highest BCUT2D eigenvalue weighted by Gasteiger charge is 2.04. The van der Waals surface area contributed by atoms with E-state index in [4.69, 9.17) is 18.9 Å². The second-order valence-corrected chi connectivity index (χ2v) is 7.69. The van der Waals surface area contributed by atoms with Gasteiger partial charge in [0.15, 0.2) is 0 Å². The first-order chi connectivity index (χ1) is 13.2. The minimum absolute atomic E-state index is 0.631. The molecule has 2 atom stereocenters. The molecule has 0 saturated carbocycles. The predicted molar refractivity (Wildman–Crippen MR) is 115 cm³/mol. The van der Waals surface area contributed by atoms with Crippen molar-refractivity contribution < 1.29 is 18.9 Å². The molecule has 27 heavy (non-hydrogen) atoms. The Morgan fingerprint density at radius 2 is 0.963 bits per heavy atom. The van der Waals surface area contributed by atoms with Crippen LogP contribution in [0.2, 0.25) is 0 Å². The number of ether oxygens (including phenoxy) is 4. The lowest BCUT2D eigenvalue weighted by Crippen LogP contribution is -2.12. The molecule has 0 spiro atoms. The van der Waals surface area contributed by atoms with Gasteiger partial charge in [0.05, 0.1) is 39.6 Å². The molecule has 4 heteroatoms. The third-order valence-corrected chi connectivity index (χ3v) is 5.06. The molecule has 0 aromatic carbocycles. The summed E-state index contributed by atoms with van der Waals surface area (Å²) in [4.78, 5) is 0. The molecule has 0 amide bonds. The van der Waals surface area contributed by atoms with Crippen LogP contribution in [0.5, 0.6) is 0 Å². The Morgan fingerprint density at radius 3 is 1.41 bits per heavy atom. The molecular formula is C23H48O4. The first-order valence-corrected chi connectivity index (χ1v) is 11.5. The van der Waals surface area contributed by atoms with Gasteiger partial charge in [0.2, 0.25) is 0 Å². The molecule has 0 saturated heterocycles. The lowest BCUT2D eigenvalue weighted by Gasteiger charge is -2.13. The van der Waals surface area contributed by atoms with Gasteiger partial charge in [0.1, 0.15) is 0 Å². The van der Waals surface area contributed by atoms with Crippen molar-refractivity contribution in [1.29, 1.82) is 0 Å². The Labute approximate surface area is 169 Å². The standard InChI is InChI=1S/C23H48O4/c1-5-10-22(4)12-8-14-24-16-18-26-20-21-27-19-17-25-15-9-13-23(7-3)11-6-2/h22-23H,5-21H2,1-4H3. The van der Waals surface area contributed by atoms with Crippen molar-refractivity contribution in [2.45, 2.75) is 85.5 Å². The number of rotatable bonds is 22. The lowest BCUT2D eigenvalue weighted by molar-refractivity contribution is -0.00291. The van der Waals surface area contributed by atoms with Crippen LogP contribution >= 0.6 is 0 Å². The molecule has 0 rings (SSSR count). The molecular weight excluding hydrogens is 340 g/mol. The molecule has 0 fully saturated rings. The second-order valence-electron chi connectivity index (χ2n) is 7.69. The van der Waals surface area contributed by atoms with Crippen LogP contribution in [0.3, 0.4) is 0 Å². The summed E-state index contributed by atoms with van der Waals surface area (Å²) < 4.78 is 22.3. The van der Waals surface area contributed by atoms with Gasteiger partial charge in [0, 0.05) is 13.2 Å². The number of hydrogen-bond donors (Lipinski definition) is 0. The van der Waals surface area contributed by atoms with Crippen LogP contribution in [0.1, 0.15) is 85.5 Å². The Kier molecular flexibility index (Phi) is 22.0. The number of hydrogen-bond acceptors (Lipinski definition) is 4. The zero-order chi connectivity index (χ0) is 20.0. The highest BCUT2D eigenvalue weighted by molar-refractivity contribution is 4.56. The van der Waals surface area contributed by atoms with E-state index in [0.717, 1.165) is 31.5 Å². The molecule has 0 N–H and O–H groups in total. The molecule has 0 aliphatic rings. The van der Waals surface area contributed by atoms with E-state index in [-0.39, 0.29) is 0 Å². The zero-order valence-corrected chi connectivity index (χ0v) is 18.8. The smallest absolute Gasteiger partial charge is 0.0701 e. The van der Waals surface area contributed by atoms with E-state index in [1.807, 2.05) is 0 Å². The van der Waals surface area contributed by atoms with E-state index in [9.17, 15) is 0 Å². The average Bonchev–Trinajstić information content (AvgIpc) is 2.66. The quantitative estimate of drug-likeness (QED) is 0.217. The summed E-state index contributed by atoms with van der Waals surface area (Å²) in [6.07, 6.45) is 11.4. The van der Waals surface area contributed by atoms with Crippen molar-refractivity contribution in [1.82, 2.24) is 0 Å². The van der Waals surface area contributed by atoms with Gasteiger partial charge in [-0.15, -0.1) is 0 Å². The minimum Gasteiger partial charge on any atom is -0.379 e. The third-order valence-electron chi connectivity index (χ3n) is 5.06. The summed E-state index contributed by atoms with van der Waals surface area (Å²) in [5.74, 6) is 1.70. The summed E-state index contributed by atoms with van der Waals surface area (Å²) in [5.41, 5.74) is 0. The molecule has 164 valence electrons. The molecule has 0 radical (unpaired) electrons. The van der Waals surface area contributed by atoms with Gasteiger partial charge in [-0.05, 0) is 37.5 Å². The van der Waals surface area contributed by atoms with Crippen LogP contribution in [-0.4, -0.2) is 52.9 Å². The molecule has 0 aromatic heterocycles. The van der Waals surface area contributed by atoms with E-state index >= 15 is 0 Å². The summed E-state index contributed by atoms with van der Waals surface area (Å²) in [5, 5.41) is 0. The normalized spacial score (nSPS) is 13.8. The SMILES string of the molecule is CCCC(C)CCCOCCOCCOCCOCCCC(CC)CCC. The topological polar surface area (TPSA) is 36.9 Å². The zero-order valence-electron chi connectivity index (χ0n) is 18.8. The first-order valence-electron chi connectivity index (χ1n) is 11.5. The summed E-state index contributed by atoms with van der Waals surface area (Å²) in [7, 11) is 0. The predicted octanol–water partition coefficient (Wildman–Crippen LogP) is 5.88. The van der Waals surface area contributed by atoms with E-state index in [1.165, 1.54) is 51.4 Å². The maximum Gasteiger partial charge on any atom is 0.0701 e. The average molecular weight is 389 g/mol. The van der Waals surface area contributed by atoms with E-state index < -0.39 is 0 Å². The van der Waals surface area contributed by atoms with Gasteiger partial charge in [0.25, 0.3) is 0 Å². The Bertz CT molecular complexity index is 273. The van der Waals surface area contributed by atoms with Crippen LogP contribution in [0, 0.1) is 11.8 Å². The van der Waals surface area contributed by atoms with Gasteiger partial charge in [-0.2, -0.15) is 0 Å². The van der Waals surface area contributed by atoms with Crippen LogP contribution < -0.4 is 0 Å². The summed E-state index contributed by atoms with van der Waals surface area (Å²) >= 11 is 0. The highest BCUT2D eigenvalue weighted by atomic mass is 16.6. The largest absolute Gasteiger partial charge is 0.379 e. The monoisotopic (exact) mass is 388 g/mol. The van der Waals surface area contributed by atoms with Gasteiger partial charge < -0.3 is 18.9 Å². The molecule has 4 nitrogen and oxygen atoms in total. The van der Waals surface area contributed by atoms with Gasteiger partial charge in [-0.3, -0.25) is 0 Å². The van der Waals surface area contributed by atoms with Crippen LogP contribution in [0.4, 0.5) is 0 Å². The summed E-state index contributed by atoms with van der Waals surface area (Å²) in [6, 6.07) is 0. The van der Waals surface area contributed by atoms with Gasteiger partial charge in [-0.1, -0.05) is 59.8 Å². The van der Waals surface area contributed by atoms with Crippen molar-refractivity contribution in [2.24, 2.45) is 11.8 Å². The molecule has 0 aliphatic carbocycles. The third kappa shape index (κ3) is 20.4. The minimum atomic E-state index is 0.631. The maximum absolute atomic E-state index is 5.64. The Balaban J connectivity index is 3.13.